The Bertz CT molecular complexity index is 2340. The van der Waals surface area contributed by atoms with Crippen molar-refractivity contribution in [2.75, 3.05) is 39.6 Å². The minimum absolute atomic E-state index is 0. The maximum atomic E-state index is 12.6. The molecular formula is C55H82BN7NaO10. The van der Waals surface area contributed by atoms with Crippen LogP contribution in [0.5, 0.6) is 34.5 Å². The van der Waals surface area contributed by atoms with Crippen LogP contribution >= 0.6 is 0 Å². The van der Waals surface area contributed by atoms with Gasteiger partial charge in [0.05, 0.1) is 0 Å². The zero-order chi connectivity index (χ0) is 54.4. The third kappa shape index (κ3) is 19.8. The number of Topliss-reactive ketones (excluding diaryl/α,β-unsaturated/α-hetero) is 1. The molecule has 3 amide bonds. The van der Waals surface area contributed by atoms with E-state index < -0.39 is 0 Å². The molecule has 0 saturated carbocycles. The Hall–Kier alpha value is -5.32. The van der Waals surface area contributed by atoms with Gasteiger partial charge in [-0.3, -0.25) is 30.0 Å². The molecule has 3 radical (unpaired) electrons. The van der Waals surface area contributed by atoms with Gasteiger partial charge in [0.25, 0.3) is 17.7 Å². The van der Waals surface area contributed by atoms with Gasteiger partial charge in [0, 0.05) is 70.8 Å². The van der Waals surface area contributed by atoms with Gasteiger partial charge in [-0.1, -0.05) is 104 Å². The SMILES string of the molecule is CCC(=NNC(=O)c1ccc2c(c1CC)OCCO2)C(C)(C)C.CCC(=O)C(C)(C)C.CCc1c(C(=O)NN)ccc2c1OCCO2.CCc1c(C(=O)NNC(CC)C(C)(C)C)ccc2c1OCCO2.[B].[C-]#N.[Na+]. The molecule has 0 spiro atoms. The first kappa shape index (κ1) is 68.7. The summed E-state index contributed by atoms with van der Waals surface area (Å²) in [5, 5.41) is 10.6. The first-order valence-electron chi connectivity index (χ1n) is 25.0. The van der Waals surface area contributed by atoms with Gasteiger partial charge in [-0.2, -0.15) is 5.10 Å². The number of ether oxygens (including phenoxy) is 6. The van der Waals surface area contributed by atoms with E-state index in [0.29, 0.717) is 117 Å². The number of nitrogens with zero attached hydrogens (tertiary/aromatic N) is 2. The second-order valence-electron chi connectivity index (χ2n) is 19.9. The molecule has 1 atom stereocenters. The van der Waals surface area contributed by atoms with Crippen molar-refractivity contribution in [2.24, 2.45) is 27.2 Å². The smallest absolute Gasteiger partial charge is 0.512 e. The standard InChI is InChI=1S/C18H28N2O3.C18H26N2O3.C11H14N2O3.C7H14O.CN.B.Na/c2*1-6-12-13(8-9-14-16(12)23-11-10-22-14)17(21)20-19-15(7-2)18(3,4)5;1-2-7-8(11(14)13-12)3-4-9-10(7)16-6-5-15-9;1-5-6(8)7(2,3)4;1-2;;/h8-9,15,19H,6-7,10-11H2,1-5H3,(H,20,21);8-9H,6-7,10-11H2,1-5H3,(H,20,21);3-4H,2,5-6,12H2,1H3,(H,13,14);5H2,1-4H3;;;/q;;;;-1;;+1. The topological polar surface area (TPSA) is 234 Å². The minimum Gasteiger partial charge on any atom is -0.512 e. The Kier molecular flexibility index (Phi) is 30.5. The molecule has 0 saturated heterocycles. The van der Waals surface area contributed by atoms with Gasteiger partial charge < -0.3 is 40.3 Å². The van der Waals surface area contributed by atoms with Gasteiger partial charge >= 0.3 is 29.6 Å². The molecule has 1 unspecified atom stereocenters. The van der Waals surface area contributed by atoms with E-state index in [-0.39, 0.29) is 78.0 Å². The van der Waals surface area contributed by atoms with Crippen molar-refractivity contribution in [1.82, 2.24) is 21.7 Å². The van der Waals surface area contributed by atoms with Crippen LogP contribution in [0.2, 0.25) is 0 Å². The van der Waals surface area contributed by atoms with Gasteiger partial charge in [0.15, 0.2) is 34.5 Å². The number of hydrogen-bond donors (Lipinski definition) is 5. The number of nitrogens with one attached hydrogen (secondary N) is 4. The number of hydrazine groups is 2. The molecule has 19 heteroatoms. The molecule has 401 valence electrons. The van der Waals surface area contributed by atoms with Crippen molar-refractivity contribution < 1.29 is 77.2 Å². The fraction of sp³-hybridized carbons (Fsp3) is 0.564. The van der Waals surface area contributed by atoms with Crippen LogP contribution in [0.3, 0.4) is 0 Å². The molecule has 6 rings (SSSR count). The molecule has 3 aliphatic rings. The fourth-order valence-electron chi connectivity index (χ4n) is 7.93. The minimum atomic E-state index is -0.311. The summed E-state index contributed by atoms with van der Waals surface area (Å²) in [6, 6.07) is 10.8. The summed E-state index contributed by atoms with van der Waals surface area (Å²) in [6.07, 6.45) is 4.49. The average molecular weight is 1040 g/mol. The van der Waals surface area contributed by atoms with Gasteiger partial charge in [0.1, 0.15) is 45.4 Å². The first-order valence-corrected chi connectivity index (χ1v) is 25.0. The first-order chi connectivity index (χ1) is 34.0. The van der Waals surface area contributed by atoms with Crippen LogP contribution in [0.1, 0.15) is 171 Å². The number of hydrazone groups is 1. The van der Waals surface area contributed by atoms with E-state index in [9.17, 15) is 19.2 Å². The molecule has 3 aromatic carbocycles. The van der Waals surface area contributed by atoms with Crippen molar-refractivity contribution in [3.63, 3.8) is 0 Å². The van der Waals surface area contributed by atoms with Gasteiger partial charge in [0.2, 0.25) is 0 Å². The molecule has 0 bridgehead atoms. The Labute approximate surface area is 465 Å². The van der Waals surface area contributed by atoms with Gasteiger partial charge in [-0.05, 0) is 73.9 Å². The molecule has 0 aliphatic carbocycles. The van der Waals surface area contributed by atoms with E-state index in [0.717, 1.165) is 41.0 Å². The van der Waals surface area contributed by atoms with Crippen LogP contribution in [0.25, 0.3) is 0 Å². The number of nitrogen functional groups attached to an aromatic ring is 1. The monoisotopic (exact) mass is 1030 g/mol. The van der Waals surface area contributed by atoms with E-state index in [2.05, 4.69) is 75.3 Å². The van der Waals surface area contributed by atoms with Crippen LogP contribution in [-0.2, 0) is 24.1 Å². The van der Waals surface area contributed by atoms with Crippen molar-refractivity contribution in [3.05, 3.63) is 76.4 Å². The molecule has 0 aromatic heterocycles. The van der Waals surface area contributed by atoms with Crippen molar-refractivity contribution in [3.8, 4) is 34.5 Å². The third-order valence-electron chi connectivity index (χ3n) is 11.8. The Morgan fingerprint density at radius 1 is 0.581 bits per heavy atom. The number of benzene rings is 3. The number of carbonyl (C=O) groups excluding carboxylic acids is 4. The molecule has 3 aromatic rings. The summed E-state index contributed by atoms with van der Waals surface area (Å²) in [4.78, 5) is 47.5. The van der Waals surface area contributed by atoms with E-state index in [1.165, 1.54) is 0 Å². The molecule has 74 heavy (non-hydrogen) atoms. The summed E-state index contributed by atoms with van der Waals surface area (Å²) in [7, 11) is 0. The average Bonchev–Trinajstić information content (AvgIpc) is 3.37. The number of hydrogen-bond acceptors (Lipinski definition) is 14. The molecule has 17 nitrogen and oxygen atoms in total. The number of nitrogens with two attached hydrogens (primary N) is 1. The number of rotatable bonds is 12. The van der Waals surface area contributed by atoms with Crippen LogP contribution in [0, 0.1) is 28.1 Å². The maximum Gasteiger partial charge on any atom is 1.00 e. The summed E-state index contributed by atoms with van der Waals surface area (Å²) in [5.74, 6) is 8.97. The Balaban J connectivity index is 0.000000989. The second kappa shape index (κ2) is 32.9. The van der Waals surface area contributed by atoms with Crippen LogP contribution in [0.15, 0.2) is 41.5 Å². The molecule has 3 heterocycles. The zero-order valence-corrected chi connectivity index (χ0v) is 49.2. The summed E-state index contributed by atoms with van der Waals surface area (Å²) in [6.45, 7) is 38.5. The number of carbonyl (C=O) groups is 4. The van der Waals surface area contributed by atoms with E-state index in [1.54, 1.807) is 30.3 Å². The van der Waals surface area contributed by atoms with Crippen LogP contribution in [-0.4, -0.2) is 83.3 Å². The van der Waals surface area contributed by atoms with E-state index in [1.807, 2.05) is 61.5 Å². The molecule has 6 N–H and O–H groups in total. The maximum absolute atomic E-state index is 12.6. The normalized spacial score (nSPS) is 13.4. The van der Waals surface area contributed by atoms with Crippen LogP contribution in [0.4, 0.5) is 0 Å². The Morgan fingerprint density at radius 2 is 0.946 bits per heavy atom. The largest absolute Gasteiger partial charge is 1.00 e. The summed E-state index contributed by atoms with van der Waals surface area (Å²) >= 11 is 0. The summed E-state index contributed by atoms with van der Waals surface area (Å²) in [5.41, 5.74) is 16.0. The van der Waals surface area contributed by atoms with Crippen molar-refractivity contribution in [2.45, 2.75) is 148 Å². The third-order valence-corrected chi connectivity index (χ3v) is 11.8. The van der Waals surface area contributed by atoms with Gasteiger partial charge in [-0.15, -0.1) is 0 Å². The molecular weight excluding hydrogens is 952 g/mol. The number of amides is 3. The zero-order valence-electron chi connectivity index (χ0n) is 47.2. The van der Waals surface area contributed by atoms with Crippen molar-refractivity contribution >= 4 is 37.6 Å². The molecule has 3 aliphatic heterocycles. The van der Waals surface area contributed by atoms with E-state index in [4.69, 9.17) is 46.1 Å². The fourth-order valence-corrected chi connectivity index (χ4v) is 7.93. The van der Waals surface area contributed by atoms with Crippen LogP contribution < -0.4 is 85.5 Å². The Morgan fingerprint density at radius 3 is 1.23 bits per heavy atom. The van der Waals surface area contributed by atoms with Crippen molar-refractivity contribution in [1.29, 1.82) is 5.26 Å². The predicted octanol–water partition coefficient (Wildman–Crippen LogP) is 6.00. The predicted molar refractivity (Wildman–Crippen MR) is 286 cm³/mol. The number of ketones is 1. The van der Waals surface area contributed by atoms with Gasteiger partial charge in [-0.25, -0.2) is 16.7 Å². The summed E-state index contributed by atoms with van der Waals surface area (Å²) < 4.78 is 33.6. The second-order valence-corrected chi connectivity index (χ2v) is 19.9. The quantitative estimate of drug-likeness (QED) is 0.0351. The number of fused-ring (bicyclic) bond motifs is 3. The van der Waals surface area contributed by atoms with E-state index >= 15 is 0 Å². The molecule has 0 fully saturated rings.